The number of rotatable bonds is 8. The van der Waals surface area contributed by atoms with Crippen molar-refractivity contribution in [3.05, 3.63) is 33.6 Å². The molecule has 0 atom stereocenters. The molecule has 0 unspecified atom stereocenters. The van der Waals surface area contributed by atoms with E-state index in [1.54, 1.807) is 7.11 Å². The van der Waals surface area contributed by atoms with Crippen LogP contribution < -0.4 is 8.35 Å². The normalized spacial score (nSPS) is 12.8. The Morgan fingerprint density at radius 2 is 1.29 bits per heavy atom. The molecule has 0 spiro atoms. The molecule has 28 heavy (non-hydrogen) atoms. The van der Waals surface area contributed by atoms with Gasteiger partial charge >= 0.3 is 181 Å². The molecular formula is C19H31NO5Si2Te. The quantitative estimate of drug-likeness (QED) is 0.289. The maximum atomic E-state index is 12.9. The molecule has 0 saturated heterocycles. The average Bonchev–Trinajstić information content (AvgIpc) is 2.61. The molecule has 0 aliphatic carbocycles. The van der Waals surface area contributed by atoms with E-state index in [-0.39, 0.29) is 0 Å². The van der Waals surface area contributed by atoms with E-state index in [0.717, 1.165) is 9.36 Å². The molecular weight excluding hydrogens is 506 g/mol. The van der Waals surface area contributed by atoms with E-state index in [1.807, 2.05) is 24.3 Å². The van der Waals surface area contributed by atoms with Gasteiger partial charge in [-0.05, 0) is 0 Å². The number of ether oxygens (including phenoxy) is 3. The first-order valence-corrected chi connectivity index (χ1v) is 18.1. The molecule has 0 saturated carbocycles. The van der Waals surface area contributed by atoms with Crippen LogP contribution in [0.2, 0.25) is 39.3 Å². The predicted molar refractivity (Wildman–Crippen MR) is 118 cm³/mol. The number of methoxy groups -OCH3 is 3. The van der Waals surface area contributed by atoms with Crippen molar-refractivity contribution >= 4 is 52.9 Å². The van der Waals surface area contributed by atoms with Crippen LogP contribution in [-0.4, -0.2) is 74.9 Å². The Morgan fingerprint density at radius 3 is 1.64 bits per heavy atom. The second kappa shape index (κ2) is 9.96. The van der Waals surface area contributed by atoms with Gasteiger partial charge < -0.3 is 0 Å². The predicted octanol–water partition coefficient (Wildman–Crippen LogP) is 2.55. The van der Waals surface area contributed by atoms with Crippen molar-refractivity contribution in [2.24, 2.45) is 0 Å². The molecule has 0 amide bonds. The van der Waals surface area contributed by atoms with Crippen molar-refractivity contribution in [1.29, 1.82) is 0 Å². The third-order valence-electron chi connectivity index (χ3n) is 3.81. The van der Waals surface area contributed by atoms with Crippen molar-refractivity contribution in [2.75, 3.05) is 21.3 Å². The molecule has 0 aromatic heterocycles. The standard InChI is InChI=1S/C19H31NO5Si2Te/c1-23-14-10-12-15(13-11-14)28-17(19(22)25-3)16(18(21)24-2)20(26(4,5)6)27(7,8)9/h10-13H,1-9H3/b17-16-. The van der Waals surface area contributed by atoms with E-state index in [2.05, 4.69) is 43.5 Å². The summed E-state index contributed by atoms with van der Waals surface area (Å²) in [5, 5.41) is 0. The minimum atomic E-state index is -1.99. The van der Waals surface area contributed by atoms with Gasteiger partial charge in [0, 0.05) is 0 Å². The Hall–Kier alpha value is -1.28. The summed E-state index contributed by atoms with van der Waals surface area (Å²) >= 11 is -1.19. The zero-order valence-electron chi connectivity index (χ0n) is 18.2. The Kier molecular flexibility index (Phi) is 8.81. The molecule has 0 N–H and O–H groups in total. The van der Waals surface area contributed by atoms with Crippen LogP contribution in [0.1, 0.15) is 0 Å². The summed E-state index contributed by atoms with van der Waals surface area (Å²) in [6, 6.07) is 7.60. The fourth-order valence-electron chi connectivity index (χ4n) is 3.10. The number of hydrogen-bond acceptors (Lipinski definition) is 6. The summed E-state index contributed by atoms with van der Waals surface area (Å²) in [5.74, 6) is -0.178. The molecule has 1 rings (SSSR count). The average molecular weight is 537 g/mol. The van der Waals surface area contributed by atoms with Crippen LogP contribution in [0.4, 0.5) is 0 Å². The number of hydrogen-bond donors (Lipinski definition) is 0. The van der Waals surface area contributed by atoms with Gasteiger partial charge in [0.25, 0.3) is 0 Å². The van der Waals surface area contributed by atoms with Crippen molar-refractivity contribution in [3.8, 4) is 5.75 Å². The zero-order chi connectivity index (χ0) is 21.7. The van der Waals surface area contributed by atoms with E-state index in [0.29, 0.717) is 9.32 Å². The summed E-state index contributed by atoms with van der Waals surface area (Å²) < 4.78 is 19.1. The van der Waals surface area contributed by atoms with Gasteiger partial charge in [0.2, 0.25) is 0 Å². The third-order valence-corrected chi connectivity index (χ3v) is 14.0. The molecule has 9 heteroatoms. The number of carbonyl (C=O) groups is 2. The Labute approximate surface area is 180 Å². The van der Waals surface area contributed by atoms with Crippen LogP contribution in [0.5, 0.6) is 5.75 Å². The van der Waals surface area contributed by atoms with Crippen molar-refractivity contribution in [2.45, 2.75) is 39.3 Å². The van der Waals surface area contributed by atoms with Crippen LogP contribution >= 0.6 is 0 Å². The molecule has 1 aromatic rings. The van der Waals surface area contributed by atoms with Crippen LogP contribution in [0.25, 0.3) is 0 Å². The SMILES string of the molecule is COC(=O)/C([Te]c1ccc(OC)cc1)=C(\C(=O)OC)N([Si](C)(C)C)[Si](C)(C)C. The third kappa shape index (κ3) is 6.37. The number of esters is 2. The summed E-state index contributed by atoms with van der Waals surface area (Å²) in [5.41, 5.74) is 0.394. The van der Waals surface area contributed by atoms with E-state index in [9.17, 15) is 9.59 Å². The van der Waals surface area contributed by atoms with Crippen molar-refractivity contribution < 1.29 is 23.8 Å². The van der Waals surface area contributed by atoms with Gasteiger partial charge in [-0.25, -0.2) is 0 Å². The zero-order valence-corrected chi connectivity index (χ0v) is 22.5. The van der Waals surface area contributed by atoms with Gasteiger partial charge in [-0.1, -0.05) is 0 Å². The van der Waals surface area contributed by atoms with E-state index in [1.165, 1.54) is 14.2 Å². The van der Waals surface area contributed by atoms with Gasteiger partial charge in [0.05, 0.1) is 0 Å². The first kappa shape index (κ1) is 24.8. The van der Waals surface area contributed by atoms with Crippen LogP contribution in [0, 0.1) is 0 Å². The molecule has 0 aliphatic heterocycles. The monoisotopic (exact) mass is 539 g/mol. The van der Waals surface area contributed by atoms with Crippen molar-refractivity contribution in [1.82, 2.24) is 4.23 Å². The number of nitrogens with zero attached hydrogens (tertiary/aromatic N) is 1. The van der Waals surface area contributed by atoms with Gasteiger partial charge in [-0.15, -0.1) is 0 Å². The fraction of sp³-hybridized carbons (Fsp3) is 0.474. The van der Waals surface area contributed by atoms with Gasteiger partial charge in [0.15, 0.2) is 0 Å². The summed E-state index contributed by atoms with van der Waals surface area (Å²) in [6.07, 6.45) is 0. The molecule has 1 aromatic carbocycles. The molecule has 0 heterocycles. The fourth-order valence-corrected chi connectivity index (χ4v) is 16.1. The Bertz CT molecular complexity index is 722. The van der Waals surface area contributed by atoms with E-state index < -0.39 is 49.3 Å². The Balaban J connectivity index is 3.71. The first-order chi connectivity index (χ1) is 12.9. The Morgan fingerprint density at radius 1 is 0.821 bits per heavy atom. The second-order valence-corrected chi connectivity index (χ2v) is 21.2. The molecule has 0 radical (unpaired) electrons. The van der Waals surface area contributed by atoms with Crippen LogP contribution in [-0.2, 0) is 19.1 Å². The van der Waals surface area contributed by atoms with E-state index >= 15 is 0 Å². The number of benzene rings is 1. The van der Waals surface area contributed by atoms with Crippen molar-refractivity contribution in [3.63, 3.8) is 0 Å². The number of carbonyl (C=O) groups excluding carboxylic acids is 2. The van der Waals surface area contributed by atoms with Crippen LogP contribution in [0.3, 0.4) is 0 Å². The molecule has 0 bridgehead atoms. The molecule has 0 aliphatic rings. The second-order valence-electron chi connectivity index (χ2n) is 8.12. The van der Waals surface area contributed by atoms with Gasteiger partial charge in [0.1, 0.15) is 0 Å². The topological polar surface area (TPSA) is 65.1 Å². The molecule has 0 fully saturated rings. The minimum absolute atomic E-state index is 0.394. The summed E-state index contributed by atoms with van der Waals surface area (Å²) in [7, 11) is 0.347. The molecule has 156 valence electrons. The first-order valence-electron chi connectivity index (χ1n) is 8.90. The van der Waals surface area contributed by atoms with E-state index in [4.69, 9.17) is 14.2 Å². The summed E-state index contributed by atoms with van der Waals surface area (Å²) in [4.78, 5) is 25.7. The summed E-state index contributed by atoms with van der Waals surface area (Å²) in [6.45, 7) is 13.1. The molecule has 6 nitrogen and oxygen atoms in total. The van der Waals surface area contributed by atoms with Gasteiger partial charge in [-0.2, -0.15) is 0 Å². The van der Waals surface area contributed by atoms with Crippen LogP contribution in [0.15, 0.2) is 33.6 Å². The van der Waals surface area contributed by atoms with Gasteiger partial charge in [-0.3, -0.25) is 0 Å². The maximum absolute atomic E-state index is 12.9.